The lowest BCUT2D eigenvalue weighted by Crippen LogP contribution is -2.18. The summed E-state index contributed by atoms with van der Waals surface area (Å²) in [6, 6.07) is 1.70. The highest BCUT2D eigenvalue weighted by molar-refractivity contribution is 6.29. The van der Waals surface area contributed by atoms with Crippen LogP contribution in [0, 0.1) is 0 Å². The molecule has 0 spiro atoms. The van der Waals surface area contributed by atoms with Gasteiger partial charge in [-0.3, -0.25) is 0 Å². The minimum Gasteiger partial charge on any atom is -0.381 e. The number of hydrogen-bond acceptors (Lipinski definition) is 3. The summed E-state index contributed by atoms with van der Waals surface area (Å²) in [4.78, 5) is 8.59. The second-order valence-electron chi connectivity index (χ2n) is 3.59. The van der Waals surface area contributed by atoms with Gasteiger partial charge in [0, 0.05) is 12.5 Å². The van der Waals surface area contributed by atoms with Gasteiger partial charge in [-0.25, -0.2) is 9.97 Å². The maximum atomic E-state index is 5.90. The Morgan fingerprint density at radius 3 is 3.00 bits per heavy atom. The van der Waals surface area contributed by atoms with Gasteiger partial charge in [0.2, 0.25) is 0 Å². The van der Waals surface area contributed by atoms with Crippen LogP contribution >= 0.6 is 23.2 Å². The molecule has 1 aromatic rings. The van der Waals surface area contributed by atoms with E-state index in [4.69, 9.17) is 27.9 Å². The van der Waals surface area contributed by atoms with Crippen molar-refractivity contribution in [2.24, 2.45) is 0 Å². The molecule has 2 heterocycles. The van der Waals surface area contributed by atoms with E-state index in [0.717, 1.165) is 31.0 Å². The Bertz CT molecular complexity index is 340. The highest BCUT2D eigenvalue weighted by Crippen LogP contribution is 2.24. The molecule has 1 saturated heterocycles. The fourth-order valence-corrected chi connectivity index (χ4v) is 2.03. The lowest BCUT2D eigenvalue weighted by atomic mass is 10.0. The van der Waals surface area contributed by atoms with Crippen LogP contribution in [0.2, 0.25) is 5.15 Å². The molecular formula is C10H12Cl2N2O. The lowest BCUT2D eigenvalue weighted by molar-refractivity contribution is 0.0780. The van der Waals surface area contributed by atoms with Crippen molar-refractivity contribution in [3.63, 3.8) is 0 Å². The summed E-state index contributed by atoms with van der Waals surface area (Å²) < 4.78 is 5.39. The van der Waals surface area contributed by atoms with E-state index in [1.54, 1.807) is 6.07 Å². The van der Waals surface area contributed by atoms with Crippen molar-refractivity contribution in [2.75, 3.05) is 13.2 Å². The summed E-state index contributed by atoms with van der Waals surface area (Å²) in [5.41, 5.74) is 0.775. The summed E-state index contributed by atoms with van der Waals surface area (Å²) in [6.45, 7) is 1.52. The molecule has 0 radical (unpaired) electrons. The third-order valence-corrected chi connectivity index (χ3v) is 2.90. The molecule has 0 bridgehead atoms. The van der Waals surface area contributed by atoms with E-state index < -0.39 is 0 Å². The first-order valence-electron chi connectivity index (χ1n) is 4.96. The van der Waals surface area contributed by atoms with Gasteiger partial charge < -0.3 is 4.74 Å². The molecular weight excluding hydrogens is 235 g/mol. The van der Waals surface area contributed by atoms with Crippen LogP contribution in [0.1, 0.15) is 30.3 Å². The normalized spacial score (nSPS) is 21.6. The Hall–Kier alpha value is -0.380. The second kappa shape index (κ2) is 5.10. The largest absolute Gasteiger partial charge is 0.381 e. The molecule has 3 nitrogen and oxygen atoms in total. The van der Waals surface area contributed by atoms with Crippen LogP contribution in [0.15, 0.2) is 6.07 Å². The molecule has 0 amide bonds. The second-order valence-corrected chi connectivity index (χ2v) is 4.24. The number of ether oxygens (including phenoxy) is 1. The van der Waals surface area contributed by atoms with E-state index in [1.165, 1.54) is 0 Å². The van der Waals surface area contributed by atoms with Gasteiger partial charge in [0.1, 0.15) is 11.0 Å². The molecule has 2 rings (SSSR count). The smallest absolute Gasteiger partial charge is 0.135 e. The fraction of sp³-hybridized carbons (Fsp3) is 0.600. The molecule has 15 heavy (non-hydrogen) atoms. The predicted molar refractivity (Wildman–Crippen MR) is 59.4 cm³/mol. The maximum Gasteiger partial charge on any atom is 0.135 e. The van der Waals surface area contributed by atoms with Crippen LogP contribution in [-0.2, 0) is 10.6 Å². The molecule has 82 valence electrons. The summed E-state index contributed by atoms with van der Waals surface area (Å²) in [5.74, 6) is 1.39. The first kappa shape index (κ1) is 11.1. The van der Waals surface area contributed by atoms with Crippen LogP contribution in [-0.4, -0.2) is 23.2 Å². The van der Waals surface area contributed by atoms with E-state index in [1.807, 2.05) is 0 Å². The number of rotatable bonds is 2. The van der Waals surface area contributed by atoms with Crippen molar-refractivity contribution in [2.45, 2.75) is 24.6 Å². The summed E-state index contributed by atoms with van der Waals surface area (Å²) in [6.07, 6.45) is 2.11. The van der Waals surface area contributed by atoms with Crippen molar-refractivity contribution in [1.29, 1.82) is 0 Å². The van der Waals surface area contributed by atoms with Crippen molar-refractivity contribution in [3.05, 3.63) is 22.7 Å². The Kier molecular flexibility index (Phi) is 3.78. The number of halogens is 2. The van der Waals surface area contributed by atoms with Gasteiger partial charge in [0.05, 0.1) is 18.2 Å². The summed E-state index contributed by atoms with van der Waals surface area (Å²) in [5, 5.41) is 0.459. The molecule has 1 atom stereocenters. The standard InChI is InChI=1S/C10H12Cl2N2O/c11-5-8-4-9(12)14-10(13-8)7-2-1-3-15-6-7/h4,7H,1-3,5-6H2. The zero-order valence-corrected chi connectivity index (χ0v) is 9.76. The molecule has 1 aromatic heterocycles. The number of hydrogen-bond donors (Lipinski definition) is 0. The van der Waals surface area contributed by atoms with Crippen molar-refractivity contribution in [1.82, 2.24) is 9.97 Å². The molecule has 5 heteroatoms. The van der Waals surface area contributed by atoms with Gasteiger partial charge in [-0.15, -0.1) is 11.6 Å². The monoisotopic (exact) mass is 246 g/mol. The Morgan fingerprint density at radius 1 is 1.47 bits per heavy atom. The van der Waals surface area contributed by atoms with E-state index >= 15 is 0 Å². The van der Waals surface area contributed by atoms with Gasteiger partial charge in [-0.05, 0) is 18.9 Å². The minimum absolute atomic E-state index is 0.263. The van der Waals surface area contributed by atoms with Crippen LogP contribution < -0.4 is 0 Å². The number of alkyl halides is 1. The van der Waals surface area contributed by atoms with Crippen LogP contribution in [0.3, 0.4) is 0 Å². The highest BCUT2D eigenvalue weighted by Gasteiger charge is 2.19. The van der Waals surface area contributed by atoms with Crippen LogP contribution in [0.4, 0.5) is 0 Å². The number of nitrogens with zero attached hydrogens (tertiary/aromatic N) is 2. The molecule has 1 unspecified atom stereocenters. The van der Waals surface area contributed by atoms with Gasteiger partial charge in [0.25, 0.3) is 0 Å². The SMILES string of the molecule is ClCc1cc(Cl)nc(C2CCCOC2)n1. The average Bonchev–Trinajstić information content (AvgIpc) is 2.29. The predicted octanol–water partition coefficient (Wildman–Crippen LogP) is 2.76. The van der Waals surface area contributed by atoms with E-state index in [-0.39, 0.29) is 5.92 Å². The Labute approximate surface area is 98.8 Å². The zero-order valence-electron chi connectivity index (χ0n) is 8.25. The quantitative estimate of drug-likeness (QED) is 0.595. The average molecular weight is 247 g/mol. The summed E-state index contributed by atoms with van der Waals surface area (Å²) in [7, 11) is 0. The van der Waals surface area contributed by atoms with Crippen molar-refractivity contribution >= 4 is 23.2 Å². The Morgan fingerprint density at radius 2 is 2.33 bits per heavy atom. The zero-order chi connectivity index (χ0) is 10.7. The molecule has 0 aliphatic carbocycles. The van der Waals surface area contributed by atoms with Crippen LogP contribution in [0.5, 0.6) is 0 Å². The third kappa shape index (κ3) is 2.80. The topological polar surface area (TPSA) is 35.0 Å². The Balaban J connectivity index is 2.22. The maximum absolute atomic E-state index is 5.90. The van der Waals surface area contributed by atoms with E-state index in [0.29, 0.717) is 17.6 Å². The summed E-state index contributed by atoms with van der Waals surface area (Å²) >= 11 is 11.6. The molecule has 0 saturated carbocycles. The third-order valence-electron chi connectivity index (χ3n) is 2.43. The molecule has 1 fully saturated rings. The van der Waals surface area contributed by atoms with E-state index in [9.17, 15) is 0 Å². The first-order chi connectivity index (χ1) is 7.29. The molecule has 0 aromatic carbocycles. The van der Waals surface area contributed by atoms with E-state index in [2.05, 4.69) is 9.97 Å². The van der Waals surface area contributed by atoms with Crippen molar-refractivity contribution < 1.29 is 4.74 Å². The van der Waals surface area contributed by atoms with Gasteiger partial charge in [-0.2, -0.15) is 0 Å². The van der Waals surface area contributed by atoms with Crippen molar-refractivity contribution in [3.8, 4) is 0 Å². The molecule has 0 N–H and O–H groups in total. The first-order valence-corrected chi connectivity index (χ1v) is 5.88. The molecule has 1 aliphatic rings. The van der Waals surface area contributed by atoms with Gasteiger partial charge in [0.15, 0.2) is 0 Å². The van der Waals surface area contributed by atoms with Gasteiger partial charge in [-0.1, -0.05) is 11.6 Å². The fourth-order valence-electron chi connectivity index (χ4n) is 1.68. The van der Waals surface area contributed by atoms with Crippen LogP contribution in [0.25, 0.3) is 0 Å². The number of aromatic nitrogens is 2. The molecule has 1 aliphatic heterocycles. The van der Waals surface area contributed by atoms with Gasteiger partial charge >= 0.3 is 0 Å². The highest BCUT2D eigenvalue weighted by atomic mass is 35.5. The lowest BCUT2D eigenvalue weighted by Gasteiger charge is -2.21. The minimum atomic E-state index is 0.263.